The van der Waals surface area contributed by atoms with E-state index in [1.165, 1.54) is 11.8 Å². The summed E-state index contributed by atoms with van der Waals surface area (Å²) in [5, 5.41) is 30.0. The minimum Gasteiger partial charge on any atom is -0.496 e. The summed E-state index contributed by atoms with van der Waals surface area (Å²) >= 11 is 1.50. The fraction of sp³-hybridized carbons (Fsp3) is 0.478. The number of ether oxygens (including phenoxy) is 2. The molecule has 2 aromatic rings. The molecule has 2 aromatic carbocycles. The van der Waals surface area contributed by atoms with Gasteiger partial charge in [0.05, 0.1) is 37.8 Å². The Labute approximate surface area is 176 Å². The number of hydrogen-bond donors (Lipinski definition) is 3. The molecule has 0 bridgehead atoms. The van der Waals surface area contributed by atoms with Crippen molar-refractivity contribution in [2.45, 2.75) is 49.4 Å². The quantitative estimate of drug-likeness (QED) is 0.641. The Morgan fingerprint density at radius 1 is 1.14 bits per heavy atom. The number of rotatable bonds is 7. The van der Waals surface area contributed by atoms with E-state index in [1.807, 2.05) is 32.0 Å². The predicted octanol–water partition coefficient (Wildman–Crippen LogP) is 3.25. The normalized spacial score (nSPS) is 24.3. The highest BCUT2D eigenvalue weighted by Crippen LogP contribution is 2.46. The third kappa shape index (κ3) is 5.07. The SMILES string of the molecule is CCOc1ccc(Cc2cc([C@@H]3S[C@H](CO)C[C@H](O)[C@H]3O)c(OC)cc2C)cc1. The van der Waals surface area contributed by atoms with Gasteiger partial charge in [0.1, 0.15) is 11.5 Å². The van der Waals surface area contributed by atoms with Gasteiger partial charge in [0.25, 0.3) is 0 Å². The number of methoxy groups -OCH3 is 1. The van der Waals surface area contributed by atoms with Crippen molar-refractivity contribution in [3.05, 3.63) is 58.7 Å². The maximum atomic E-state index is 10.6. The Bertz CT molecular complexity index is 808. The first-order valence-electron chi connectivity index (χ1n) is 9.98. The van der Waals surface area contributed by atoms with Crippen molar-refractivity contribution >= 4 is 11.8 Å². The van der Waals surface area contributed by atoms with Crippen molar-refractivity contribution in [1.29, 1.82) is 0 Å². The van der Waals surface area contributed by atoms with Crippen LogP contribution in [0.5, 0.6) is 11.5 Å². The van der Waals surface area contributed by atoms with Gasteiger partial charge < -0.3 is 24.8 Å². The van der Waals surface area contributed by atoms with Crippen molar-refractivity contribution in [1.82, 2.24) is 0 Å². The molecule has 0 radical (unpaired) electrons. The van der Waals surface area contributed by atoms with Crippen LogP contribution in [0, 0.1) is 6.92 Å². The number of thioether (sulfide) groups is 1. The van der Waals surface area contributed by atoms with Crippen molar-refractivity contribution in [2.75, 3.05) is 20.3 Å². The molecule has 0 spiro atoms. The molecule has 1 saturated heterocycles. The van der Waals surface area contributed by atoms with E-state index >= 15 is 0 Å². The van der Waals surface area contributed by atoms with Crippen LogP contribution in [0.3, 0.4) is 0 Å². The molecule has 6 heteroatoms. The van der Waals surface area contributed by atoms with Crippen LogP contribution < -0.4 is 9.47 Å². The van der Waals surface area contributed by atoms with Crippen LogP contribution in [0.15, 0.2) is 36.4 Å². The minimum atomic E-state index is -0.905. The maximum absolute atomic E-state index is 10.6. The van der Waals surface area contributed by atoms with Crippen LogP contribution in [-0.2, 0) is 6.42 Å². The summed E-state index contributed by atoms with van der Waals surface area (Å²) in [6.07, 6.45) is -0.641. The lowest BCUT2D eigenvalue weighted by atomic mass is 9.93. The molecule has 5 nitrogen and oxygen atoms in total. The standard InChI is InChI=1S/C23H30O5S/c1-4-28-17-7-5-15(6-8-17)10-16-11-19(21(27-3)9-14(16)2)23-22(26)20(25)12-18(13-24)29-23/h5-9,11,18,20,22-26H,4,10,12-13H2,1-3H3/t18-,20-,22+,23-/m0/s1. The lowest BCUT2D eigenvalue weighted by molar-refractivity contribution is 0.00496. The lowest BCUT2D eigenvalue weighted by Crippen LogP contribution is -2.39. The van der Waals surface area contributed by atoms with E-state index in [0.717, 1.165) is 34.4 Å². The molecule has 4 atom stereocenters. The van der Waals surface area contributed by atoms with Gasteiger partial charge in [0.15, 0.2) is 0 Å². The molecular formula is C23H30O5S. The van der Waals surface area contributed by atoms with Crippen molar-refractivity contribution < 1.29 is 24.8 Å². The zero-order chi connectivity index (χ0) is 21.0. The maximum Gasteiger partial charge on any atom is 0.123 e. The summed E-state index contributed by atoms with van der Waals surface area (Å²) in [6.45, 7) is 4.62. The zero-order valence-corrected chi connectivity index (χ0v) is 18.0. The molecule has 0 saturated carbocycles. The summed E-state index contributed by atoms with van der Waals surface area (Å²) in [4.78, 5) is 0. The van der Waals surface area contributed by atoms with Gasteiger partial charge in [-0.25, -0.2) is 0 Å². The lowest BCUT2D eigenvalue weighted by Gasteiger charge is -2.36. The van der Waals surface area contributed by atoms with Crippen molar-refractivity contribution in [2.24, 2.45) is 0 Å². The van der Waals surface area contributed by atoms with Crippen molar-refractivity contribution in [3.8, 4) is 11.5 Å². The van der Waals surface area contributed by atoms with Crippen LogP contribution in [0.25, 0.3) is 0 Å². The Morgan fingerprint density at radius 2 is 1.86 bits per heavy atom. The molecule has 0 unspecified atom stereocenters. The second-order valence-electron chi connectivity index (χ2n) is 7.43. The first-order valence-corrected chi connectivity index (χ1v) is 10.9. The molecule has 1 aliphatic rings. The van der Waals surface area contributed by atoms with Crippen LogP contribution >= 0.6 is 11.8 Å². The summed E-state index contributed by atoms with van der Waals surface area (Å²) in [5.74, 6) is 1.55. The van der Waals surface area contributed by atoms with Crippen LogP contribution in [0.2, 0.25) is 0 Å². The Kier molecular flexibility index (Phi) is 7.46. The van der Waals surface area contributed by atoms with Gasteiger partial charge >= 0.3 is 0 Å². The molecular weight excluding hydrogens is 388 g/mol. The number of aliphatic hydroxyl groups is 3. The summed E-state index contributed by atoms with van der Waals surface area (Å²) < 4.78 is 11.1. The van der Waals surface area contributed by atoms with E-state index in [9.17, 15) is 15.3 Å². The smallest absolute Gasteiger partial charge is 0.123 e. The third-order valence-electron chi connectivity index (χ3n) is 5.38. The third-order valence-corrected chi connectivity index (χ3v) is 6.93. The van der Waals surface area contributed by atoms with E-state index < -0.39 is 12.2 Å². The van der Waals surface area contributed by atoms with Gasteiger partial charge in [-0.05, 0) is 61.6 Å². The fourth-order valence-corrected chi connectivity index (χ4v) is 5.24. The number of aryl methyl sites for hydroxylation is 1. The molecule has 1 fully saturated rings. The van der Waals surface area contributed by atoms with Gasteiger partial charge in [0.2, 0.25) is 0 Å². The Hall–Kier alpha value is -1.73. The topological polar surface area (TPSA) is 79.2 Å². The van der Waals surface area contributed by atoms with Gasteiger partial charge in [-0.1, -0.05) is 18.2 Å². The van der Waals surface area contributed by atoms with Gasteiger partial charge in [-0.2, -0.15) is 0 Å². The highest BCUT2D eigenvalue weighted by Gasteiger charge is 2.38. The van der Waals surface area contributed by atoms with Crippen LogP contribution in [-0.4, -0.2) is 53.1 Å². The molecule has 1 aliphatic heterocycles. The summed E-state index contributed by atoms with van der Waals surface area (Å²) in [6, 6.07) is 12.1. The average molecular weight is 419 g/mol. The van der Waals surface area contributed by atoms with E-state index in [2.05, 4.69) is 18.2 Å². The number of benzene rings is 2. The molecule has 0 aromatic heterocycles. The highest BCUT2D eigenvalue weighted by atomic mass is 32.2. The van der Waals surface area contributed by atoms with Gasteiger partial charge in [-0.3, -0.25) is 0 Å². The monoisotopic (exact) mass is 418 g/mol. The molecule has 1 heterocycles. The summed E-state index contributed by atoms with van der Waals surface area (Å²) in [5.41, 5.74) is 4.26. The summed E-state index contributed by atoms with van der Waals surface area (Å²) in [7, 11) is 1.62. The molecule has 3 rings (SSSR count). The average Bonchev–Trinajstić information content (AvgIpc) is 2.72. The molecule has 29 heavy (non-hydrogen) atoms. The van der Waals surface area contributed by atoms with Crippen molar-refractivity contribution in [3.63, 3.8) is 0 Å². The van der Waals surface area contributed by atoms with E-state index in [-0.39, 0.29) is 17.1 Å². The molecule has 0 aliphatic carbocycles. The second-order valence-corrected chi connectivity index (χ2v) is 8.88. The zero-order valence-electron chi connectivity index (χ0n) is 17.2. The highest BCUT2D eigenvalue weighted by molar-refractivity contribution is 8.00. The molecule has 0 amide bonds. The van der Waals surface area contributed by atoms with Gasteiger partial charge in [-0.15, -0.1) is 11.8 Å². The van der Waals surface area contributed by atoms with E-state index in [1.54, 1.807) is 7.11 Å². The Morgan fingerprint density at radius 3 is 2.48 bits per heavy atom. The fourth-order valence-electron chi connectivity index (χ4n) is 3.75. The molecule has 3 N–H and O–H groups in total. The minimum absolute atomic E-state index is 0.0296. The Balaban J connectivity index is 1.91. The number of hydrogen-bond acceptors (Lipinski definition) is 6. The van der Waals surface area contributed by atoms with Gasteiger partial charge in [0, 0.05) is 10.8 Å². The largest absolute Gasteiger partial charge is 0.496 e. The van der Waals surface area contributed by atoms with Crippen LogP contribution in [0.4, 0.5) is 0 Å². The first kappa shape index (κ1) is 22.0. The van der Waals surface area contributed by atoms with E-state index in [4.69, 9.17) is 9.47 Å². The second kappa shape index (κ2) is 9.85. The van der Waals surface area contributed by atoms with Crippen LogP contribution in [0.1, 0.15) is 40.8 Å². The first-order chi connectivity index (χ1) is 14.0. The predicted molar refractivity (Wildman–Crippen MR) is 116 cm³/mol. The van der Waals surface area contributed by atoms with E-state index in [0.29, 0.717) is 18.8 Å². The molecule has 158 valence electrons. The number of aliphatic hydroxyl groups excluding tert-OH is 3.